The first-order valence-corrected chi connectivity index (χ1v) is 8.27. The predicted octanol–water partition coefficient (Wildman–Crippen LogP) is 3.81. The van der Waals surface area contributed by atoms with E-state index in [2.05, 4.69) is 6.08 Å². The molecule has 2 N–H and O–H groups in total. The van der Waals surface area contributed by atoms with Gasteiger partial charge in [0.25, 0.3) is 0 Å². The number of halogens is 1. The van der Waals surface area contributed by atoms with Crippen LogP contribution in [-0.2, 0) is 4.79 Å². The molecule has 2 rings (SSSR count). The summed E-state index contributed by atoms with van der Waals surface area (Å²) in [4.78, 5) is 14.9. The molecule has 21 heavy (non-hydrogen) atoms. The largest absolute Gasteiger partial charge is 0.396 e. The number of nitrogen functional groups attached to an aromatic ring is 1. The smallest absolute Gasteiger partial charge is 0.237 e. The Hall–Kier alpha value is -1.49. The van der Waals surface area contributed by atoms with Gasteiger partial charge in [-0.1, -0.05) is 6.08 Å². The fourth-order valence-electron chi connectivity index (χ4n) is 2.43. The highest BCUT2D eigenvalue weighted by molar-refractivity contribution is 8.00. The van der Waals surface area contributed by atoms with E-state index in [0.717, 1.165) is 29.9 Å². The lowest BCUT2D eigenvalue weighted by atomic mass is 10.0. The SMILES string of the molecule is CCN(C(=O)CSc1ccc(N)c(F)c1)C1=CCCCC1. The molecule has 5 heteroatoms. The Morgan fingerprint density at radius 3 is 2.86 bits per heavy atom. The zero-order valence-electron chi connectivity index (χ0n) is 12.3. The van der Waals surface area contributed by atoms with Gasteiger partial charge in [-0.25, -0.2) is 4.39 Å². The van der Waals surface area contributed by atoms with Gasteiger partial charge in [0, 0.05) is 17.1 Å². The van der Waals surface area contributed by atoms with Crippen LogP contribution in [0.5, 0.6) is 0 Å². The number of nitrogens with zero attached hydrogens (tertiary/aromatic N) is 1. The summed E-state index contributed by atoms with van der Waals surface area (Å²) in [5.74, 6) is -0.0446. The Labute approximate surface area is 129 Å². The van der Waals surface area contributed by atoms with Gasteiger partial charge in [-0.15, -0.1) is 11.8 Å². The van der Waals surface area contributed by atoms with Crippen LogP contribution in [0.4, 0.5) is 10.1 Å². The van der Waals surface area contributed by atoms with Gasteiger partial charge in [-0.3, -0.25) is 4.79 Å². The maximum Gasteiger partial charge on any atom is 0.237 e. The summed E-state index contributed by atoms with van der Waals surface area (Å²) < 4.78 is 13.4. The average molecular weight is 308 g/mol. The molecule has 1 aliphatic carbocycles. The van der Waals surface area contributed by atoms with Crippen molar-refractivity contribution in [1.82, 2.24) is 4.90 Å². The second kappa shape index (κ2) is 7.50. The van der Waals surface area contributed by atoms with E-state index in [1.807, 2.05) is 11.8 Å². The number of hydrogen-bond acceptors (Lipinski definition) is 3. The van der Waals surface area contributed by atoms with Crippen LogP contribution in [0.3, 0.4) is 0 Å². The zero-order valence-corrected chi connectivity index (χ0v) is 13.1. The lowest BCUT2D eigenvalue weighted by Gasteiger charge is -2.26. The summed E-state index contributed by atoms with van der Waals surface area (Å²) in [7, 11) is 0. The molecule has 1 aromatic rings. The Morgan fingerprint density at radius 1 is 1.43 bits per heavy atom. The van der Waals surface area contributed by atoms with E-state index in [4.69, 9.17) is 5.73 Å². The summed E-state index contributed by atoms with van der Waals surface area (Å²) in [6, 6.07) is 4.65. The second-order valence-electron chi connectivity index (χ2n) is 5.05. The van der Waals surface area contributed by atoms with Crippen molar-refractivity contribution in [2.45, 2.75) is 37.5 Å². The molecule has 0 aromatic heterocycles. The number of amides is 1. The number of carbonyl (C=O) groups excluding carboxylic acids is 1. The van der Waals surface area contributed by atoms with Crippen molar-refractivity contribution in [2.24, 2.45) is 0 Å². The van der Waals surface area contributed by atoms with Crippen LogP contribution in [0.1, 0.15) is 32.6 Å². The minimum absolute atomic E-state index is 0.0767. The fraction of sp³-hybridized carbons (Fsp3) is 0.438. The maximum absolute atomic E-state index is 13.4. The first-order chi connectivity index (χ1) is 10.1. The zero-order chi connectivity index (χ0) is 15.2. The molecular formula is C16H21FN2OS. The van der Waals surface area contributed by atoms with Crippen molar-refractivity contribution in [3.63, 3.8) is 0 Å². The molecule has 0 atom stereocenters. The summed E-state index contributed by atoms with van der Waals surface area (Å²) in [5.41, 5.74) is 6.71. The summed E-state index contributed by atoms with van der Waals surface area (Å²) in [5, 5.41) is 0. The quantitative estimate of drug-likeness (QED) is 0.664. The highest BCUT2D eigenvalue weighted by Crippen LogP contribution is 2.25. The molecule has 0 heterocycles. The van der Waals surface area contributed by atoms with Gasteiger partial charge in [0.2, 0.25) is 5.91 Å². The van der Waals surface area contributed by atoms with Crippen LogP contribution >= 0.6 is 11.8 Å². The Balaban J connectivity index is 1.96. The van der Waals surface area contributed by atoms with Crippen molar-refractivity contribution in [1.29, 1.82) is 0 Å². The number of allylic oxidation sites excluding steroid dienone is 2. The number of hydrogen-bond donors (Lipinski definition) is 1. The lowest BCUT2D eigenvalue weighted by molar-refractivity contribution is -0.126. The summed E-state index contributed by atoms with van der Waals surface area (Å²) in [6.07, 6.45) is 6.54. The third-order valence-corrected chi connectivity index (χ3v) is 4.54. The highest BCUT2D eigenvalue weighted by Gasteiger charge is 2.18. The van der Waals surface area contributed by atoms with Gasteiger partial charge in [-0.05, 0) is 50.8 Å². The van der Waals surface area contributed by atoms with Gasteiger partial charge in [0.15, 0.2) is 0 Å². The Bertz CT molecular complexity index is 545. The Kier molecular flexibility index (Phi) is 5.67. The molecule has 0 saturated carbocycles. The molecule has 1 amide bonds. The van der Waals surface area contributed by atoms with Crippen molar-refractivity contribution in [2.75, 3.05) is 18.0 Å². The van der Waals surface area contributed by atoms with Gasteiger partial charge in [0.05, 0.1) is 11.4 Å². The summed E-state index contributed by atoms with van der Waals surface area (Å²) in [6.45, 7) is 2.67. The average Bonchev–Trinajstić information content (AvgIpc) is 2.50. The topological polar surface area (TPSA) is 46.3 Å². The molecule has 1 aliphatic rings. The third-order valence-electron chi connectivity index (χ3n) is 3.57. The van der Waals surface area contributed by atoms with Gasteiger partial charge >= 0.3 is 0 Å². The van der Waals surface area contributed by atoms with E-state index >= 15 is 0 Å². The second-order valence-corrected chi connectivity index (χ2v) is 6.10. The molecule has 0 bridgehead atoms. The molecular weight excluding hydrogens is 287 g/mol. The Morgan fingerprint density at radius 2 is 2.24 bits per heavy atom. The van der Waals surface area contributed by atoms with Gasteiger partial charge in [0.1, 0.15) is 5.82 Å². The van der Waals surface area contributed by atoms with Crippen LogP contribution in [0, 0.1) is 5.82 Å². The first kappa shape index (κ1) is 15.9. The normalized spacial score (nSPS) is 14.7. The number of nitrogens with two attached hydrogens (primary N) is 1. The van der Waals surface area contributed by atoms with Gasteiger partial charge in [-0.2, -0.15) is 0 Å². The number of benzene rings is 1. The predicted molar refractivity (Wildman–Crippen MR) is 85.5 cm³/mol. The number of anilines is 1. The fourth-order valence-corrected chi connectivity index (χ4v) is 3.22. The van der Waals surface area contributed by atoms with E-state index in [1.54, 1.807) is 6.07 Å². The van der Waals surface area contributed by atoms with E-state index in [-0.39, 0.29) is 11.6 Å². The molecule has 0 radical (unpaired) electrons. The highest BCUT2D eigenvalue weighted by atomic mass is 32.2. The lowest BCUT2D eigenvalue weighted by Crippen LogP contribution is -2.32. The van der Waals surface area contributed by atoms with Crippen LogP contribution in [0.15, 0.2) is 34.9 Å². The molecule has 0 spiro atoms. The van der Waals surface area contributed by atoms with Crippen LogP contribution in [-0.4, -0.2) is 23.1 Å². The molecule has 0 fully saturated rings. The van der Waals surface area contributed by atoms with Crippen LogP contribution < -0.4 is 5.73 Å². The van der Waals surface area contributed by atoms with Crippen molar-refractivity contribution in [3.8, 4) is 0 Å². The monoisotopic (exact) mass is 308 g/mol. The van der Waals surface area contributed by atoms with E-state index in [9.17, 15) is 9.18 Å². The van der Waals surface area contributed by atoms with Gasteiger partial charge < -0.3 is 10.6 Å². The minimum atomic E-state index is -0.435. The van der Waals surface area contributed by atoms with Crippen LogP contribution in [0.25, 0.3) is 0 Å². The molecule has 1 aromatic carbocycles. The van der Waals surface area contributed by atoms with E-state index < -0.39 is 5.82 Å². The number of thioether (sulfide) groups is 1. The van der Waals surface area contributed by atoms with Crippen molar-refractivity contribution in [3.05, 3.63) is 35.8 Å². The van der Waals surface area contributed by atoms with Crippen LogP contribution in [0.2, 0.25) is 0 Å². The molecule has 0 unspecified atom stereocenters. The molecule has 0 saturated heterocycles. The first-order valence-electron chi connectivity index (χ1n) is 7.29. The number of carbonyl (C=O) groups is 1. The minimum Gasteiger partial charge on any atom is -0.396 e. The molecule has 114 valence electrons. The van der Waals surface area contributed by atoms with Crippen molar-refractivity contribution >= 4 is 23.4 Å². The standard InChI is InChI=1S/C16H21FN2OS/c1-2-19(12-6-4-3-5-7-12)16(20)11-21-13-8-9-15(18)14(17)10-13/h6,8-10H,2-5,7,11,18H2,1H3. The van der Waals surface area contributed by atoms with E-state index in [0.29, 0.717) is 12.3 Å². The maximum atomic E-state index is 13.4. The summed E-state index contributed by atoms with van der Waals surface area (Å²) >= 11 is 1.35. The van der Waals surface area contributed by atoms with E-state index in [1.165, 1.54) is 30.3 Å². The number of rotatable bonds is 5. The molecule has 0 aliphatic heterocycles. The van der Waals surface area contributed by atoms with Crippen molar-refractivity contribution < 1.29 is 9.18 Å². The molecule has 3 nitrogen and oxygen atoms in total. The third kappa shape index (κ3) is 4.24.